The van der Waals surface area contributed by atoms with E-state index in [-0.39, 0.29) is 6.10 Å². The molecule has 1 heterocycles. The Morgan fingerprint density at radius 2 is 2.25 bits per heavy atom. The standard InChI is InChI=1S/C15H22N2O2S/c1-11-6-7-17(10-13(11)18)8-9-19-14-5-3-2-4-12(14)15(16)20/h2-5,11,13,18H,6-10H2,1H3,(H2,16,20). The largest absolute Gasteiger partial charge is 0.492 e. The van der Waals surface area contributed by atoms with Gasteiger partial charge in [-0.05, 0) is 31.0 Å². The number of aliphatic hydroxyl groups is 1. The topological polar surface area (TPSA) is 58.7 Å². The molecule has 2 unspecified atom stereocenters. The van der Waals surface area contributed by atoms with Gasteiger partial charge in [-0.25, -0.2) is 0 Å². The van der Waals surface area contributed by atoms with Crippen molar-refractivity contribution < 1.29 is 9.84 Å². The molecule has 0 aliphatic carbocycles. The van der Waals surface area contributed by atoms with Crippen molar-refractivity contribution in [2.75, 3.05) is 26.2 Å². The Kier molecular flexibility index (Phi) is 5.34. The number of piperidine rings is 1. The fourth-order valence-corrected chi connectivity index (χ4v) is 2.57. The van der Waals surface area contributed by atoms with Crippen molar-refractivity contribution in [1.82, 2.24) is 4.90 Å². The lowest BCUT2D eigenvalue weighted by molar-refractivity contribution is 0.0244. The summed E-state index contributed by atoms with van der Waals surface area (Å²) in [5, 5.41) is 9.87. The molecule has 0 spiro atoms. The van der Waals surface area contributed by atoms with Crippen LogP contribution in [-0.4, -0.2) is 47.3 Å². The number of aliphatic hydroxyl groups excluding tert-OH is 1. The summed E-state index contributed by atoms with van der Waals surface area (Å²) in [6, 6.07) is 7.54. The molecule has 110 valence electrons. The maximum absolute atomic E-state index is 9.87. The van der Waals surface area contributed by atoms with Gasteiger partial charge < -0.3 is 15.6 Å². The summed E-state index contributed by atoms with van der Waals surface area (Å²) in [6.07, 6.45) is 0.803. The van der Waals surface area contributed by atoms with Crippen LogP contribution in [0.2, 0.25) is 0 Å². The monoisotopic (exact) mass is 294 g/mol. The molecule has 5 heteroatoms. The van der Waals surface area contributed by atoms with Crippen LogP contribution in [0.25, 0.3) is 0 Å². The van der Waals surface area contributed by atoms with Crippen LogP contribution >= 0.6 is 12.2 Å². The first-order valence-electron chi connectivity index (χ1n) is 7.00. The summed E-state index contributed by atoms with van der Waals surface area (Å²) in [6.45, 7) is 5.20. The Balaban J connectivity index is 1.83. The fraction of sp³-hybridized carbons (Fsp3) is 0.533. The zero-order chi connectivity index (χ0) is 14.5. The van der Waals surface area contributed by atoms with Gasteiger partial charge in [-0.1, -0.05) is 31.3 Å². The van der Waals surface area contributed by atoms with Gasteiger partial charge in [0.05, 0.1) is 11.7 Å². The van der Waals surface area contributed by atoms with E-state index in [0.29, 0.717) is 17.5 Å². The van der Waals surface area contributed by atoms with Crippen LogP contribution < -0.4 is 10.5 Å². The van der Waals surface area contributed by atoms with Crippen molar-refractivity contribution in [3.8, 4) is 5.75 Å². The first-order chi connectivity index (χ1) is 9.58. The summed E-state index contributed by atoms with van der Waals surface area (Å²) in [5.74, 6) is 1.12. The Hall–Kier alpha value is -1.17. The van der Waals surface area contributed by atoms with E-state index in [4.69, 9.17) is 22.7 Å². The van der Waals surface area contributed by atoms with Crippen LogP contribution in [0.3, 0.4) is 0 Å². The van der Waals surface area contributed by atoms with Crippen molar-refractivity contribution in [1.29, 1.82) is 0 Å². The fourth-order valence-electron chi connectivity index (χ4n) is 2.40. The number of β-amino-alcohol motifs (C(OH)–C–C–N with tert-alkyl or cyclic N) is 1. The molecule has 1 aromatic carbocycles. The van der Waals surface area contributed by atoms with E-state index in [2.05, 4.69) is 11.8 Å². The quantitative estimate of drug-likeness (QED) is 0.804. The van der Waals surface area contributed by atoms with Crippen LogP contribution in [0.5, 0.6) is 5.75 Å². The van der Waals surface area contributed by atoms with Gasteiger partial charge in [0.15, 0.2) is 0 Å². The molecular weight excluding hydrogens is 272 g/mol. The van der Waals surface area contributed by atoms with E-state index in [1.807, 2.05) is 24.3 Å². The number of benzene rings is 1. The molecule has 0 saturated carbocycles. The highest BCUT2D eigenvalue weighted by molar-refractivity contribution is 7.80. The number of para-hydroxylation sites is 1. The lowest BCUT2D eigenvalue weighted by Crippen LogP contribution is -2.44. The van der Waals surface area contributed by atoms with E-state index in [9.17, 15) is 5.11 Å². The van der Waals surface area contributed by atoms with Crippen LogP contribution in [-0.2, 0) is 0 Å². The Morgan fingerprint density at radius 3 is 2.95 bits per heavy atom. The van der Waals surface area contributed by atoms with E-state index in [0.717, 1.165) is 37.4 Å². The van der Waals surface area contributed by atoms with E-state index >= 15 is 0 Å². The van der Waals surface area contributed by atoms with Crippen molar-refractivity contribution in [3.63, 3.8) is 0 Å². The van der Waals surface area contributed by atoms with Crippen LogP contribution in [0.15, 0.2) is 24.3 Å². The van der Waals surface area contributed by atoms with E-state index < -0.39 is 0 Å². The lowest BCUT2D eigenvalue weighted by Gasteiger charge is -2.34. The number of thiocarbonyl (C=S) groups is 1. The van der Waals surface area contributed by atoms with Crippen molar-refractivity contribution in [3.05, 3.63) is 29.8 Å². The maximum atomic E-state index is 9.87. The zero-order valence-corrected chi connectivity index (χ0v) is 12.6. The summed E-state index contributed by atoms with van der Waals surface area (Å²) >= 11 is 5.01. The van der Waals surface area contributed by atoms with Crippen molar-refractivity contribution >= 4 is 17.2 Å². The average molecular weight is 294 g/mol. The number of hydrogen-bond donors (Lipinski definition) is 2. The molecule has 20 heavy (non-hydrogen) atoms. The zero-order valence-electron chi connectivity index (χ0n) is 11.8. The Labute approximate surface area is 125 Å². The second-order valence-electron chi connectivity index (χ2n) is 5.34. The Morgan fingerprint density at radius 1 is 1.50 bits per heavy atom. The van der Waals surface area contributed by atoms with E-state index in [1.54, 1.807) is 0 Å². The molecule has 1 aromatic rings. The third kappa shape index (κ3) is 3.91. The second-order valence-corrected chi connectivity index (χ2v) is 5.78. The van der Waals surface area contributed by atoms with Crippen LogP contribution in [0, 0.1) is 5.92 Å². The number of likely N-dealkylation sites (tertiary alicyclic amines) is 1. The minimum Gasteiger partial charge on any atom is -0.492 e. The van der Waals surface area contributed by atoms with Gasteiger partial charge >= 0.3 is 0 Å². The summed E-state index contributed by atoms with van der Waals surface area (Å²) in [5.41, 5.74) is 6.44. The molecule has 0 aromatic heterocycles. The number of hydrogen-bond acceptors (Lipinski definition) is 4. The van der Waals surface area contributed by atoms with Gasteiger partial charge in [-0.3, -0.25) is 4.90 Å². The van der Waals surface area contributed by atoms with Gasteiger partial charge in [-0.2, -0.15) is 0 Å². The highest BCUT2D eigenvalue weighted by Gasteiger charge is 2.23. The molecule has 1 aliphatic rings. The van der Waals surface area contributed by atoms with Crippen molar-refractivity contribution in [2.24, 2.45) is 11.7 Å². The van der Waals surface area contributed by atoms with Crippen LogP contribution in [0.1, 0.15) is 18.9 Å². The molecule has 3 N–H and O–H groups in total. The molecule has 1 fully saturated rings. The molecule has 0 bridgehead atoms. The number of ether oxygens (including phenoxy) is 1. The number of rotatable bonds is 5. The molecule has 2 rings (SSSR count). The molecule has 4 nitrogen and oxygen atoms in total. The van der Waals surface area contributed by atoms with Gasteiger partial charge in [0.25, 0.3) is 0 Å². The highest BCUT2D eigenvalue weighted by Crippen LogP contribution is 2.19. The molecule has 1 aliphatic heterocycles. The Bertz CT molecular complexity index is 467. The van der Waals surface area contributed by atoms with Gasteiger partial charge in [0.2, 0.25) is 0 Å². The highest BCUT2D eigenvalue weighted by atomic mass is 32.1. The minimum atomic E-state index is -0.229. The van der Waals surface area contributed by atoms with Gasteiger partial charge in [0, 0.05) is 13.1 Å². The predicted octanol–water partition coefficient (Wildman–Crippen LogP) is 1.40. The summed E-state index contributed by atoms with van der Waals surface area (Å²) < 4.78 is 5.77. The van der Waals surface area contributed by atoms with Crippen LogP contribution in [0.4, 0.5) is 0 Å². The normalized spacial score (nSPS) is 23.5. The van der Waals surface area contributed by atoms with E-state index in [1.165, 1.54) is 0 Å². The molecular formula is C15H22N2O2S. The molecule has 0 radical (unpaired) electrons. The smallest absolute Gasteiger partial charge is 0.129 e. The van der Waals surface area contributed by atoms with Crippen molar-refractivity contribution in [2.45, 2.75) is 19.4 Å². The predicted molar refractivity (Wildman–Crippen MR) is 84.1 cm³/mol. The third-order valence-corrected chi connectivity index (χ3v) is 4.04. The van der Waals surface area contributed by atoms with Gasteiger partial charge in [-0.15, -0.1) is 0 Å². The molecule has 1 saturated heterocycles. The SMILES string of the molecule is CC1CCN(CCOc2ccccc2C(N)=S)CC1O. The van der Waals surface area contributed by atoms with Gasteiger partial charge in [0.1, 0.15) is 17.3 Å². The summed E-state index contributed by atoms with van der Waals surface area (Å²) in [7, 11) is 0. The maximum Gasteiger partial charge on any atom is 0.129 e. The second kappa shape index (κ2) is 7.02. The molecule has 0 amide bonds. The number of nitrogens with zero attached hydrogens (tertiary/aromatic N) is 1. The number of nitrogens with two attached hydrogens (primary N) is 1. The minimum absolute atomic E-state index is 0.229. The molecule has 2 atom stereocenters. The lowest BCUT2D eigenvalue weighted by atomic mass is 9.96. The summed E-state index contributed by atoms with van der Waals surface area (Å²) in [4.78, 5) is 2.58. The third-order valence-electron chi connectivity index (χ3n) is 3.82. The first kappa shape index (κ1) is 15.2. The first-order valence-corrected chi connectivity index (χ1v) is 7.41. The average Bonchev–Trinajstić information content (AvgIpc) is 2.43.